The molecule has 0 saturated heterocycles. The van der Waals surface area contributed by atoms with E-state index in [1.165, 1.54) is 0 Å². The number of pyridine rings is 1. The molecule has 100 valence electrons. The quantitative estimate of drug-likeness (QED) is 0.897. The number of hydrogen-bond donors (Lipinski definition) is 1. The van der Waals surface area contributed by atoms with Crippen LogP contribution in [-0.2, 0) is 6.61 Å². The van der Waals surface area contributed by atoms with Gasteiger partial charge in [0.05, 0.1) is 18.9 Å². The third kappa shape index (κ3) is 3.69. The van der Waals surface area contributed by atoms with Crippen molar-refractivity contribution in [3.63, 3.8) is 0 Å². The van der Waals surface area contributed by atoms with Crippen molar-refractivity contribution in [3.8, 4) is 11.6 Å². The van der Waals surface area contributed by atoms with E-state index >= 15 is 0 Å². The van der Waals surface area contributed by atoms with E-state index in [2.05, 4.69) is 4.98 Å². The number of aromatic nitrogens is 1. The smallest absolute Gasteiger partial charge is 0.213 e. The number of hydrogen-bond acceptors (Lipinski definition) is 4. The fourth-order valence-electron chi connectivity index (χ4n) is 1.67. The highest BCUT2D eigenvalue weighted by Gasteiger charge is 2.03. The zero-order valence-electron chi connectivity index (χ0n) is 11.0. The van der Waals surface area contributed by atoms with Crippen LogP contribution in [0.2, 0.25) is 0 Å². The largest absolute Gasteiger partial charge is 0.487 e. The lowest BCUT2D eigenvalue weighted by Crippen LogP contribution is -2.00. The van der Waals surface area contributed by atoms with E-state index in [9.17, 15) is 5.11 Å². The van der Waals surface area contributed by atoms with Gasteiger partial charge in [-0.15, -0.1) is 0 Å². The van der Waals surface area contributed by atoms with Crippen LogP contribution in [0.5, 0.6) is 11.6 Å². The predicted octanol–water partition coefficient (Wildman–Crippen LogP) is 2.72. The van der Waals surface area contributed by atoms with Crippen molar-refractivity contribution >= 4 is 0 Å². The first kappa shape index (κ1) is 13.4. The summed E-state index contributed by atoms with van der Waals surface area (Å²) in [6.07, 6.45) is -0.501. The van der Waals surface area contributed by atoms with Gasteiger partial charge in [0.25, 0.3) is 0 Å². The van der Waals surface area contributed by atoms with Gasteiger partial charge >= 0.3 is 0 Å². The van der Waals surface area contributed by atoms with Gasteiger partial charge in [0, 0.05) is 6.07 Å². The number of nitrogens with zero attached hydrogens (tertiary/aromatic N) is 1. The van der Waals surface area contributed by atoms with E-state index < -0.39 is 6.10 Å². The number of methoxy groups -OCH3 is 1. The second-order valence-corrected chi connectivity index (χ2v) is 4.21. The molecular formula is C15H17NO3. The minimum atomic E-state index is -0.501. The second kappa shape index (κ2) is 6.20. The first-order valence-corrected chi connectivity index (χ1v) is 6.10. The molecule has 0 radical (unpaired) electrons. The van der Waals surface area contributed by atoms with Crippen LogP contribution in [0.4, 0.5) is 0 Å². The molecule has 0 bridgehead atoms. The topological polar surface area (TPSA) is 51.6 Å². The predicted molar refractivity (Wildman–Crippen MR) is 72.2 cm³/mol. The molecule has 1 aromatic carbocycles. The summed E-state index contributed by atoms with van der Waals surface area (Å²) in [5, 5.41) is 9.52. The summed E-state index contributed by atoms with van der Waals surface area (Å²) in [5.41, 5.74) is 1.62. The summed E-state index contributed by atoms with van der Waals surface area (Å²) in [4.78, 5) is 4.27. The number of ether oxygens (including phenoxy) is 2. The summed E-state index contributed by atoms with van der Waals surface area (Å²) in [5.74, 6) is 1.28. The fourth-order valence-corrected chi connectivity index (χ4v) is 1.67. The van der Waals surface area contributed by atoms with E-state index in [1.54, 1.807) is 20.1 Å². The lowest BCUT2D eigenvalue weighted by molar-refractivity contribution is 0.198. The lowest BCUT2D eigenvalue weighted by Gasteiger charge is -2.09. The van der Waals surface area contributed by atoms with Crippen molar-refractivity contribution in [3.05, 3.63) is 53.7 Å². The first-order chi connectivity index (χ1) is 9.19. The van der Waals surface area contributed by atoms with Crippen LogP contribution in [0.15, 0.2) is 42.5 Å². The van der Waals surface area contributed by atoms with Gasteiger partial charge in [0.1, 0.15) is 12.4 Å². The molecule has 0 aliphatic heterocycles. The normalized spacial score (nSPS) is 11.9. The van der Waals surface area contributed by atoms with Gasteiger partial charge in [-0.2, -0.15) is 0 Å². The fraction of sp³-hybridized carbons (Fsp3) is 0.267. The lowest BCUT2D eigenvalue weighted by atomic mass is 10.1. The van der Waals surface area contributed by atoms with Crippen LogP contribution in [-0.4, -0.2) is 17.2 Å². The molecule has 19 heavy (non-hydrogen) atoms. The van der Waals surface area contributed by atoms with Gasteiger partial charge in [-0.05, 0) is 30.7 Å². The van der Waals surface area contributed by atoms with Crippen LogP contribution in [0.25, 0.3) is 0 Å². The molecule has 4 nitrogen and oxygen atoms in total. The Hall–Kier alpha value is -2.07. The van der Waals surface area contributed by atoms with Crippen molar-refractivity contribution in [1.82, 2.24) is 4.98 Å². The SMILES string of the molecule is COc1cccc(COc2cccc([C@H](C)O)c2)n1. The van der Waals surface area contributed by atoms with E-state index in [0.717, 1.165) is 11.3 Å². The third-order valence-corrected chi connectivity index (χ3v) is 2.72. The maximum Gasteiger partial charge on any atom is 0.213 e. The van der Waals surface area contributed by atoms with Crippen molar-refractivity contribution in [2.45, 2.75) is 19.6 Å². The van der Waals surface area contributed by atoms with E-state index in [-0.39, 0.29) is 0 Å². The highest BCUT2D eigenvalue weighted by atomic mass is 16.5. The van der Waals surface area contributed by atoms with Crippen molar-refractivity contribution in [2.24, 2.45) is 0 Å². The Balaban J connectivity index is 2.03. The number of benzene rings is 1. The summed E-state index contributed by atoms with van der Waals surface area (Å²) >= 11 is 0. The van der Waals surface area contributed by atoms with Crippen molar-refractivity contribution < 1.29 is 14.6 Å². The Labute approximate surface area is 112 Å². The molecule has 1 atom stereocenters. The third-order valence-electron chi connectivity index (χ3n) is 2.72. The Morgan fingerprint density at radius 1 is 1.21 bits per heavy atom. The van der Waals surface area contributed by atoms with Crippen LogP contribution >= 0.6 is 0 Å². The molecule has 1 N–H and O–H groups in total. The van der Waals surface area contributed by atoms with Gasteiger partial charge in [-0.3, -0.25) is 0 Å². The molecule has 2 aromatic rings. The highest BCUT2D eigenvalue weighted by molar-refractivity contribution is 5.29. The molecule has 0 saturated carbocycles. The van der Waals surface area contributed by atoms with Crippen LogP contribution in [0.3, 0.4) is 0 Å². The molecule has 0 unspecified atom stereocenters. The van der Waals surface area contributed by atoms with E-state index in [1.807, 2.05) is 36.4 Å². The molecule has 1 aromatic heterocycles. The summed E-state index contributed by atoms with van der Waals surface area (Å²) < 4.78 is 10.7. The Kier molecular flexibility index (Phi) is 4.36. The van der Waals surface area contributed by atoms with Crippen LogP contribution in [0, 0.1) is 0 Å². The van der Waals surface area contributed by atoms with Crippen molar-refractivity contribution in [2.75, 3.05) is 7.11 Å². The van der Waals surface area contributed by atoms with Gasteiger partial charge in [-0.1, -0.05) is 18.2 Å². The average molecular weight is 259 g/mol. The highest BCUT2D eigenvalue weighted by Crippen LogP contribution is 2.19. The summed E-state index contributed by atoms with van der Waals surface area (Å²) in [7, 11) is 1.58. The average Bonchev–Trinajstić information content (AvgIpc) is 2.45. The van der Waals surface area contributed by atoms with Crippen LogP contribution < -0.4 is 9.47 Å². The van der Waals surface area contributed by atoms with Gasteiger partial charge in [0.15, 0.2) is 0 Å². The Bertz CT molecular complexity index is 540. The molecule has 0 aliphatic rings. The Morgan fingerprint density at radius 3 is 2.74 bits per heavy atom. The second-order valence-electron chi connectivity index (χ2n) is 4.21. The minimum Gasteiger partial charge on any atom is -0.487 e. The van der Waals surface area contributed by atoms with Crippen LogP contribution in [0.1, 0.15) is 24.3 Å². The molecule has 2 rings (SSSR count). The van der Waals surface area contributed by atoms with Gasteiger partial charge < -0.3 is 14.6 Å². The molecule has 0 fully saturated rings. The monoisotopic (exact) mass is 259 g/mol. The number of aliphatic hydroxyl groups is 1. The van der Waals surface area contributed by atoms with Gasteiger partial charge in [0.2, 0.25) is 5.88 Å². The number of rotatable bonds is 5. The zero-order chi connectivity index (χ0) is 13.7. The minimum absolute atomic E-state index is 0.362. The summed E-state index contributed by atoms with van der Waals surface area (Å²) in [6.45, 7) is 2.09. The maximum absolute atomic E-state index is 9.52. The molecule has 4 heteroatoms. The first-order valence-electron chi connectivity index (χ1n) is 6.10. The Morgan fingerprint density at radius 2 is 2.00 bits per heavy atom. The standard InChI is InChI=1S/C15H17NO3/c1-11(17)12-5-3-7-14(9-12)19-10-13-6-4-8-15(16-13)18-2/h3-9,11,17H,10H2,1-2H3/t11-/m0/s1. The number of aliphatic hydroxyl groups excluding tert-OH is 1. The molecular weight excluding hydrogens is 242 g/mol. The van der Waals surface area contributed by atoms with E-state index in [0.29, 0.717) is 18.2 Å². The summed E-state index contributed by atoms with van der Waals surface area (Å²) in [6, 6.07) is 12.9. The zero-order valence-corrected chi connectivity index (χ0v) is 11.0. The van der Waals surface area contributed by atoms with Gasteiger partial charge in [-0.25, -0.2) is 4.98 Å². The molecule has 0 spiro atoms. The maximum atomic E-state index is 9.52. The van der Waals surface area contributed by atoms with Crippen molar-refractivity contribution in [1.29, 1.82) is 0 Å². The molecule has 0 amide bonds. The molecule has 1 heterocycles. The van der Waals surface area contributed by atoms with E-state index in [4.69, 9.17) is 9.47 Å². The molecule has 0 aliphatic carbocycles.